The molecule has 0 fully saturated rings. The molecule has 0 aliphatic carbocycles. The number of carbonyl (C=O) groups is 2. The molecule has 8 heteroatoms. The van der Waals surface area contributed by atoms with E-state index in [-0.39, 0.29) is 11.5 Å². The van der Waals surface area contributed by atoms with Crippen molar-refractivity contribution in [1.29, 1.82) is 0 Å². The summed E-state index contributed by atoms with van der Waals surface area (Å²) in [4.78, 5) is 32.4. The van der Waals surface area contributed by atoms with Crippen LogP contribution in [0.2, 0.25) is 0 Å². The molecule has 0 unspecified atom stereocenters. The van der Waals surface area contributed by atoms with E-state index in [9.17, 15) is 14.7 Å². The second-order valence-electron chi connectivity index (χ2n) is 7.19. The molecule has 4 aromatic rings. The molecule has 0 saturated carbocycles. The molecule has 166 valence electrons. The SMILES string of the molecule is CCOc1ccc(C(=O)Nc2cccc(CNc3ncnc4c(C(=O)O)cccc34)c2)cc1. The largest absolute Gasteiger partial charge is 0.494 e. The van der Waals surface area contributed by atoms with E-state index in [0.29, 0.717) is 41.1 Å². The quantitative estimate of drug-likeness (QED) is 0.366. The number of hydrogen-bond donors (Lipinski definition) is 3. The first-order chi connectivity index (χ1) is 16.0. The van der Waals surface area contributed by atoms with Crippen LogP contribution >= 0.6 is 0 Å². The molecule has 0 radical (unpaired) electrons. The Morgan fingerprint density at radius 1 is 1.00 bits per heavy atom. The summed E-state index contributed by atoms with van der Waals surface area (Å²) in [5, 5.41) is 16.1. The van der Waals surface area contributed by atoms with Gasteiger partial charge in [-0.3, -0.25) is 4.79 Å². The molecule has 1 amide bonds. The van der Waals surface area contributed by atoms with Crippen LogP contribution in [0, 0.1) is 0 Å². The highest BCUT2D eigenvalue weighted by Crippen LogP contribution is 2.23. The zero-order valence-corrected chi connectivity index (χ0v) is 17.9. The topological polar surface area (TPSA) is 113 Å². The number of anilines is 2. The van der Waals surface area contributed by atoms with Crippen molar-refractivity contribution in [3.63, 3.8) is 0 Å². The van der Waals surface area contributed by atoms with Crippen LogP contribution in [0.15, 0.2) is 73.1 Å². The fourth-order valence-electron chi connectivity index (χ4n) is 3.42. The highest BCUT2D eigenvalue weighted by atomic mass is 16.5. The molecule has 0 aliphatic rings. The number of carboxylic acid groups (broad SMARTS) is 1. The van der Waals surface area contributed by atoms with Crippen molar-refractivity contribution in [2.75, 3.05) is 17.2 Å². The monoisotopic (exact) mass is 442 g/mol. The minimum Gasteiger partial charge on any atom is -0.494 e. The first kappa shape index (κ1) is 21.8. The molecule has 0 atom stereocenters. The molecule has 0 spiro atoms. The number of ether oxygens (including phenoxy) is 1. The molecule has 4 rings (SSSR count). The van der Waals surface area contributed by atoms with Gasteiger partial charge in [0.25, 0.3) is 5.91 Å². The van der Waals surface area contributed by atoms with Crippen molar-refractivity contribution in [2.45, 2.75) is 13.5 Å². The molecule has 1 heterocycles. The lowest BCUT2D eigenvalue weighted by atomic mass is 10.1. The van der Waals surface area contributed by atoms with Crippen LogP contribution in [-0.2, 0) is 6.54 Å². The Morgan fingerprint density at radius 3 is 2.55 bits per heavy atom. The molecule has 8 nitrogen and oxygen atoms in total. The smallest absolute Gasteiger partial charge is 0.337 e. The maximum Gasteiger partial charge on any atom is 0.337 e. The van der Waals surface area contributed by atoms with Gasteiger partial charge in [-0.05, 0) is 61.0 Å². The minimum atomic E-state index is -1.04. The lowest BCUT2D eigenvalue weighted by Crippen LogP contribution is -2.12. The van der Waals surface area contributed by atoms with E-state index in [0.717, 1.165) is 11.3 Å². The third kappa shape index (κ3) is 5.07. The molecule has 0 saturated heterocycles. The number of aromatic carboxylic acids is 1. The van der Waals surface area contributed by atoms with Gasteiger partial charge >= 0.3 is 5.97 Å². The van der Waals surface area contributed by atoms with Crippen molar-refractivity contribution >= 4 is 34.3 Å². The number of aromatic nitrogens is 2. The van der Waals surface area contributed by atoms with Crippen molar-refractivity contribution in [2.24, 2.45) is 0 Å². The maximum atomic E-state index is 12.6. The highest BCUT2D eigenvalue weighted by Gasteiger charge is 2.12. The minimum absolute atomic E-state index is 0.122. The van der Waals surface area contributed by atoms with Crippen LogP contribution in [-0.4, -0.2) is 33.6 Å². The number of rotatable bonds is 8. The number of amides is 1. The van der Waals surface area contributed by atoms with Crippen molar-refractivity contribution < 1.29 is 19.4 Å². The number of nitrogens with zero attached hydrogens (tertiary/aromatic N) is 2. The first-order valence-electron chi connectivity index (χ1n) is 10.4. The number of benzene rings is 3. The summed E-state index contributed by atoms with van der Waals surface area (Å²) in [7, 11) is 0. The van der Waals surface area contributed by atoms with Gasteiger partial charge in [-0.25, -0.2) is 14.8 Å². The third-order valence-electron chi connectivity index (χ3n) is 4.97. The average molecular weight is 442 g/mol. The number of fused-ring (bicyclic) bond motifs is 1. The molecular formula is C25H22N4O4. The number of carbonyl (C=O) groups excluding carboxylic acids is 1. The normalized spacial score (nSPS) is 10.6. The molecule has 33 heavy (non-hydrogen) atoms. The van der Waals surface area contributed by atoms with Gasteiger partial charge < -0.3 is 20.5 Å². The summed E-state index contributed by atoms with van der Waals surface area (Å²) >= 11 is 0. The highest BCUT2D eigenvalue weighted by molar-refractivity contribution is 6.05. The summed E-state index contributed by atoms with van der Waals surface area (Å²) in [6.07, 6.45) is 1.34. The van der Waals surface area contributed by atoms with Gasteiger partial charge in [0.15, 0.2) is 0 Å². The number of para-hydroxylation sites is 1. The van der Waals surface area contributed by atoms with Crippen LogP contribution in [0.4, 0.5) is 11.5 Å². The molecule has 1 aromatic heterocycles. The Kier molecular flexibility index (Phi) is 6.45. The number of carboxylic acids is 1. The standard InChI is InChI=1S/C25H22N4O4/c1-2-33-19-11-9-17(10-12-19)24(30)29-18-6-3-5-16(13-18)14-26-23-20-7-4-8-21(25(31)32)22(20)27-15-28-23/h3-13,15H,2,14H2,1H3,(H,29,30)(H,31,32)(H,26,27,28). The van der Waals surface area contributed by atoms with Gasteiger partial charge in [-0.1, -0.05) is 18.2 Å². The van der Waals surface area contributed by atoms with Crippen LogP contribution in [0.3, 0.4) is 0 Å². The van der Waals surface area contributed by atoms with Crippen molar-refractivity contribution in [1.82, 2.24) is 9.97 Å². The summed E-state index contributed by atoms with van der Waals surface area (Å²) in [6.45, 7) is 2.90. The van der Waals surface area contributed by atoms with Gasteiger partial charge in [-0.15, -0.1) is 0 Å². The number of hydrogen-bond acceptors (Lipinski definition) is 6. The van der Waals surface area contributed by atoms with Gasteiger partial charge in [-0.2, -0.15) is 0 Å². The van der Waals surface area contributed by atoms with Crippen LogP contribution in [0.1, 0.15) is 33.2 Å². The summed E-state index contributed by atoms with van der Waals surface area (Å²) < 4.78 is 5.41. The first-order valence-corrected chi connectivity index (χ1v) is 10.4. The zero-order valence-electron chi connectivity index (χ0n) is 17.9. The van der Waals surface area contributed by atoms with E-state index in [1.54, 1.807) is 36.4 Å². The summed E-state index contributed by atoms with van der Waals surface area (Å²) in [5.74, 6) is -0.00542. The van der Waals surface area contributed by atoms with Gasteiger partial charge in [0.2, 0.25) is 0 Å². The zero-order chi connectivity index (χ0) is 23.2. The van der Waals surface area contributed by atoms with Gasteiger partial charge in [0.05, 0.1) is 17.7 Å². The fraction of sp³-hybridized carbons (Fsp3) is 0.120. The van der Waals surface area contributed by atoms with Crippen molar-refractivity contribution in [3.05, 3.63) is 89.7 Å². The predicted octanol–water partition coefficient (Wildman–Crippen LogP) is 4.59. The third-order valence-corrected chi connectivity index (χ3v) is 4.97. The Balaban J connectivity index is 1.46. The van der Waals surface area contributed by atoms with Gasteiger partial charge in [0.1, 0.15) is 17.9 Å². The summed E-state index contributed by atoms with van der Waals surface area (Å²) in [6, 6.07) is 19.4. The molecule has 3 aromatic carbocycles. The van der Waals surface area contributed by atoms with Crippen molar-refractivity contribution in [3.8, 4) is 5.75 Å². The Hall–Kier alpha value is -4.46. The van der Waals surface area contributed by atoms with Crippen LogP contribution in [0.25, 0.3) is 10.9 Å². The lowest BCUT2D eigenvalue weighted by molar-refractivity contribution is 0.0698. The van der Waals surface area contributed by atoms with E-state index in [4.69, 9.17) is 4.74 Å². The summed E-state index contributed by atoms with van der Waals surface area (Å²) in [5.41, 5.74) is 2.61. The average Bonchev–Trinajstić information content (AvgIpc) is 2.83. The van der Waals surface area contributed by atoms with E-state index in [1.807, 2.05) is 31.2 Å². The Morgan fingerprint density at radius 2 is 1.79 bits per heavy atom. The molecular weight excluding hydrogens is 420 g/mol. The van der Waals surface area contributed by atoms with Crippen LogP contribution < -0.4 is 15.4 Å². The van der Waals surface area contributed by atoms with E-state index >= 15 is 0 Å². The van der Waals surface area contributed by atoms with Gasteiger partial charge in [0, 0.05) is 23.2 Å². The Labute approximate surface area is 190 Å². The lowest BCUT2D eigenvalue weighted by Gasteiger charge is -2.11. The maximum absolute atomic E-state index is 12.6. The molecule has 3 N–H and O–H groups in total. The molecule has 0 bridgehead atoms. The van der Waals surface area contributed by atoms with E-state index in [2.05, 4.69) is 20.6 Å². The second-order valence-corrected chi connectivity index (χ2v) is 7.19. The van der Waals surface area contributed by atoms with Crippen LogP contribution in [0.5, 0.6) is 5.75 Å². The predicted molar refractivity (Wildman–Crippen MR) is 126 cm³/mol. The number of nitrogens with one attached hydrogen (secondary N) is 2. The molecule has 0 aliphatic heterocycles. The van der Waals surface area contributed by atoms with E-state index in [1.165, 1.54) is 12.4 Å². The van der Waals surface area contributed by atoms with E-state index < -0.39 is 5.97 Å². The second kappa shape index (κ2) is 9.78. The Bertz CT molecular complexity index is 1310. The fourth-order valence-corrected chi connectivity index (χ4v) is 3.42.